The maximum atomic E-state index is 8.30. The Balaban J connectivity index is 3.28. The summed E-state index contributed by atoms with van der Waals surface area (Å²) in [4.78, 5) is 0. The molecule has 0 atom stereocenters. The van der Waals surface area contributed by atoms with Gasteiger partial charge in [-0.05, 0) is 6.42 Å². The molecule has 2 nitrogen and oxygen atoms in total. The summed E-state index contributed by atoms with van der Waals surface area (Å²) in [6.45, 7) is 0. The van der Waals surface area contributed by atoms with Crippen LogP contribution in [0.4, 0.5) is 0 Å². The van der Waals surface area contributed by atoms with E-state index in [9.17, 15) is 0 Å². The third kappa shape index (κ3) is 8.79. The Labute approximate surface area is 68.3 Å². The highest BCUT2D eigenvalue weighted by molar-refractivity contribution is 6.67. The molecule has 0 unspecified atom stereocenters. The number of hydrogen-bond donors (Lipinski definition) is 2. The monoisotopic (exact) mass is 192 g/mol. The van der Waals surface area contributed by atoms with Crippen molar-refractivity contribution < 1.29 is 10.2 Å². The van der Waals surface area contributed by atoms with Crippen LogP contribution in [0.25, 0.3) is 0 Å². The van der Waals surface area contributed by atoms with Crippen LogP contribution in [0.5, 0.6) is 0 Å². The fraction of sp³-hybridized carbons (Fsp3) is 1.00. The lowest BCUT2D eigenvalue weighted by Gasteiger charge is -2.10. The first-order chi connectivity index (χ1) is 3.92. The van der Waals surface area contributed by atoms with Gasteiger partial charge in [0, 0.05) is 6.42 Å². The van der Waals surface area contributed by atoms with Crippen molar-refractivity contribution in [1.29, 1.82) is 0 Å². The zero-order valence-corrected chi connectivity index (χ0v) is 6.79. The van der Waals surface area contributed by atoms with Gasteiger partial charge in [-0.15, -0.1) is 0 Å². The van der Waals surface area contributed by atoms with Crippen molar-refractivity contribution in [2.24, 2.45) is 0 Å². The summed E-state index contributed by atoms with van der Waals surface area (Å²) in [5.74, 6) is 0. The summed E-state index contributed by atoms with van der Waals surface area (Å²) < 4.78 is -1.37. The summed E-state index contributed by atoms with van der Waals surface area (Å²) in [7, 11) is 0. The minimum absolute atomic E-state index is 0.0799. The smallest absolute Gasteiger partial charge is 0.190 e. The molecule has 0 bridgehead atoms. The highest BCUT2D eigenvalue weighted by atomic mass is 35.6. The van der Waals surface area contributed by atoms with Gasteiger partial charge in [-0.3, -0.25) is 0 Å². The van der Waals surface area contributed by atoms with E-state index in [1.165, 1.54) is 0 Å². The lowest BCUT2D eigenvalue weighted by atomic mass is 10.3. The Morgan fingerprint density at radius 2 is 1.67 bits per heavy atom. The maximum absolute atomic E-state index is 8.30. The number of alkyl halides is 3. The summed E-state index contributed by atoms with van der Waals surface area (Å²) in [5.41, 5.74) is 0. The first kappa shape index (κ1) is 9.79. The lowest BCUT2D eigenvalue weighted by molar-refractivity contribution is -0.0460. The molecule has 0 aliphatic heterocycles. The average Bonchev–Trinajstić information content (AvgIpc) is 1.59. The van der Waals surface area contributed by atoms with Gasteiger partial charge >= 0.3 is 0 Å². The summed E-state index contributed by atoms with van der Waals surface area (Å²) in [6, 6.07) is 0. The van der Waals surface area contributed by atoms with Crippen molar-refractivity contribution in [3.63, 3.8) is 0 Å². The molecule has 0 aromatic carbocycles. The molecule has 0 aromatic rings. The molecule has 0 fully saturated rings. The van der Waals surface area contributed by atoms with Crippen LogP contribution in [0.2, 0.25) is 0 Å². The molecule has 0 aliphatic rings. The predicted octanol–water partition coefficient (Wildman–Crippen LogP) is 1.45. The molecule has 0 saturated heterocycles. The van der Waals surface area contributed by atoms with Gasteiger partial charge in [-0.1, -0.05) is 34.8 Å². The zero-order valence-electron chi connectivity index (χ0n) is 4.52. The highest BCUT2D eigenvalue weighted by Crippen LogP contribution is 2.31. The van der Waals surface area contributed by atoms with Gasteiger partial charge in [0.1, 0.15) is 0 Å². The second-order valence-electron chi connectivity index (χ2n) is 1.63. The fourth-order valence-corrected chi connectivity index (χ4v) is 0.620. The molecule has 9 heavy (non-hydrogen) atoms. The number of halogens is 3. The minimum Gasteiger partial charge on any atom is -0.368 e. The van der Waals surface area contributed by atoms with Gasteiger partial charge in [0.2, 0.25) is 0 Å². The van der Waals surface area contributed by atoms with Gasteiger partial charge in [-0.2, -0.15) is 0 Å². The van der Waals surface area contributed by atoms with E-state index in [4.69, 9.17) is 45.0 Å². The van der Waals surface area contributed by atoms with Crippen LogP contribution in [-0.4, -0.2) is 20.3 Å². The van der Waals surface area contributed by atoms with Crippen molar-refractivity contribution in [1.82, 2.24) is 0 Å². The van der Waals surface area contributed by atoms with Crippen LogP contribution in [0.1, 0.15) is 12.8 Å². The standard InChI is InChI=1S/C4H7Cl3O2/c5-4(6,7)2-1-3(8)9/h3,8-9H,1-2H2. The molecule has 56 valence electrons. The molecule has 0 spiro atoms. The highest BCUT2D eigenvalue weighted by Gasteiger charge is 2.19. The van der Waals surface area contributed by atoms with Crippen molar-refractivity contribution in [2.75, 3.05) is 0 Å². The molecular formula is C4H7Cl3O2. The Morgan fingerprint density at radius 3 is 1.78 bits per heavy atom. The molecule has 0 aromatic heterocycles. The van der Waals surface area contributed by atoms with Gasteiger partial charge in [-0.25, -0.2) is 0 Å². The number of aliphatic hydroxyl groups is 2. The molecule has 0 amide bonds. The molecule has 2 N–H and O–H groups in total. The van der Waals surface area contributed by atoms with Crippen LogP contribution in [0.15, 0.2) is 0 Å². The quantitative estimate of drug-likeness (QED) is 0.515. The third-order valence-corrected chi connectivity index (χ3v) is 1.25. The van der Waals surface area contributed by atoms with E-state index < -0.39 is 10.1 Å². The second-order valence-corrected chi connectivity index (χ2v) is 4.15. The molecule has 0 radical (unpaired) electrons. The van der Waals surface area contributed by atoms with Crippen molar-refractivity contribution in [3.8, 4) is 0 Å². The van der Waals surface area contributed by atoms with Crippen molar-refractivity contribution in [3.05, 3.63) is 0 Å². The van der Waals surface area contributed by atoms with Gasteiger partial charge < -0.3 is 10.2 Å². The molecule has 5 heteroatoms. The van der Waals surface area contributed by atoms with Gasteiger partial charge in [0.25, 0.3) is 0 Å². The topological polar surface area (TPSA) is 40.5 Å². The molecule has 0 aliphatic carbocycles. The first-order valence-corrected chi connectivity index (χ1v) is 3.48. The number of rotatable bonds is 2. The average molecular weight is 193 g/mol. The Morgan fingerprint density at radius 1 is 1.22 bits per heavy atom. The van der Waals surface area contributed by atoms with E-state index in [2.05, 4.69) is 0 Å². The normalized spacial score (nSPS) is 12.7. The molecule has 0 heterocycles. The molecule has 0 saturated carbocycles. The number of hydrogen-bond acceptors (Lipinski definition) is 2. The summed E-state index contributed by atoms with van der Waals surface area (Å²) in [5, 5.41) is 16.6. The van der Waals surface area contributed by atoms with E-state index in [0.717, 1.165) is 0 Å². The first-order valence-electron chi connectivity index (χ1n) is 2.35. The SMILES string of the molecule is OC(O)CCC(Cl)(Cl)Cl. The van der Waals surface area contributed by atoms with E-state index in [1.54, 1.807) is 0 Å². The Kier molecular flexibility index (Phi) is 4.17. The van der Waals surface area contributed by atoms with Crippen LogP contribution in [-0.2, 0) is 0 Å². The largest absolute Gasteiger partial charge is 0.368 e. The second kappa shape index (κ2) is 3.84. The van der Waals surface area contributed by atoms with Crippen molar-refractivity contribution in [2.45, 2.75) is 22.9 Å². The minimum atomic E-state index is -1.39. The van der Waals surface area contributed by atoms with Crippen LogP contribution in [0.3, 0.4) is 0 Å². The van der Waals surface area contributed by atoms with E-state index in [1.807, 2.05) is 0 Å². The third-order valence-electron chi connectivity index (χ3n) is 0.686. The number of aliphatic hydroxyl groups excluding tert-OH is 1. The van der Waals surface area contributed by atoms with Crippen LogP contribution in [0, 0.1) is 0 Å². The lowest BCUT2D eigenvalue weighted by Crippen LogP contribution is -2.10. The summed E-state index contributed by atoms with van der Waals surface area (Å²) >= 11 is 15.9. The van der Waals surface area contributed by atoms with Gasteiger partial charge in [0.05, 0.1) is 0 Å². The Hall–Kier alpha value is 0.790. The predicted molar refractivity (Wildman–Crippen MR) is 37.7 cm³/mol. The van der Waals surface area contributed by atoms with E-state index in [-0.39, 0.29) is 12.8 Å². The van der Waals surface area contributed by atoms with E-state index in [0.29, 0.717) is 0 Å². The molecule has 0 rings (SSSR count). The van der Waals surface area contributed by atoms with Crippen molar-refractivity contribution >= 4 is 34.8 Å². The van der Waals surface area contributed by atoms with Crippen LogP contribution < -0.4 is 0 Å². The fourth-order valence-electron chi connectivity index (χ4n) is 0.293. The molecular weight excluding hydrogens is 186 g/mol. The Bertz CT molecular complexity index is 78.4. The van der Waals surface area contributed by atoms with E-state index >= 15 is 0 Å². The van der Waals surface area contributed by atoms with Gasteiger partial charge in [0.15, 0.2) is 10.1 Å². The van der Waals surface area contributed by atoms with Crippen LogP contribution >= 0.6 is 34.8 Å². The summed E-state index contributed by atoms with van der Waals surface area (Å²) in [6.07, 6.45) is -1.16. The zero-order chi connectivity index (χ0) is 7.49. The maximum Gasteiger partial charge on any atom is 0.190 e.